The van der Waals surface area contributed by atoms with Crippen LogP contribution in [0.4, 0.5) is 0 Å². The predicted molar refractivity (Wildman–Crippen MR) is 115 cm³/mol. The number of nitrogens with zero attached hydrogens (tertiary/aromatic N) is 5. The first-order valence-electron chi connectivity index (χ1n) is 9.70. The van der Waals surface area contributed by atoms with Crippen molar-refractivity contribution in [2.75, 3.05) is 6.54 Å². The van der Waals surface area contributed by atoms with Crippen LogP contribution < -0.4 is 0 Å². The summed E-state index contributed by atoms with van der Waals surface area (Å²) in [5.74, 6) is 0.761. The van der Waals surface area contributed by atoms with Crippen molar-refractivity contribution in [3.05, 3.63) is 82.5 Å². The number of rotatable bonds is 3. The van der Waals surface area contributed by atoms with Crippen LogP contribution in [0.2, 0.25) is 5.15 Å². The van der Waals surface area contributed by atoms with Gasteiger partial charge in [0, 0.05) is 66.7 Å². The molecule has 4 aromatic rings. The van der Waals surface area contributed by atoms with Gasteiger partial charge in [0.05, 0.1) is 11.2 Å². The zero-order chi connectivity index (χ0) is 19.8. The Morgan fingerprint density at radius 2 is 1.97 bits per heavy atom. The van der Waals surface area contributed by atoms with Crippen molar-refractivity contribution >= 4 is 22.5 Å². The largest absolute Gasteiger partial charge is 0.294 e. The van der Waals surface area contributed by atoms with E-state index in [9.17, 15) is 0 Å². The fourth-order valence-electron chi connectivity index (χ4n) is 3.87. The van der Waals surface area contributed by atoms with Crippen molar-refractivity contribution in [3.63, 3.8) is 0 Å². The summed E-state index contributed by atoms with van der Waals surface area (Å²) < 4.78 is 0. The van der Waals surface area contributed by atoms with E-state index in [4.69, 9.17) is 16.6 Å². The minimum atomic E-state index is 0.585. The van der Waals surface area contributed by atoms with Crippen molar-refractivity contribution in [1.82, 2.24) is 24.8 Å². The Balaban J connectivity index is 1.38. The lowest BCUT2D eigenvalue weighted by molar-refractivity contribution is 0.243. The highest BCUT2D eigenvalue weighted by Crippen LogP contribution is 2.26. The van der Waals surface area contributed by atoms with Gasteiger partial charge >= 0.3 is 0 Å². The third-order valence-electron chi connectivity index (χ3n) is 5.42. The van der Waals surface area contributed by atoms with Crippen molar-refractivity contribution < 1.29 is 0 Å². The highest BCUT2D eigenvalue weighted by Gasteiger charge is 2.20. The maximum atomic E-state index is 6.52. The van der Waals surface area contributed by atoms with Crippen molar-refractivity contribution in [2.45, 2.75) is 26.4 Å². The molecular weight excluding hydrogens is 382 g/mol. The summed E-state index contributed by atoms with van der Waals surface area (Å²) in [6.45, 7) is 4.57. The van der Waals surface area contributed by atoms with Crippen LogP contribution in [0.1, 0.15) is 22.4 Å². The molecule has 5 nitrogen and oxygen atoms in total. The fraction of sp³-hybridized carbons (Fsp3) is 0.217. The SMILES string of the molecule is Cc1cccc2cc(CN3CCc4nc(-c5ccncc5)ncc4C3)c(Cl)nc12. The van der Waals surface area contributed by atoms with Gasteiger partial charge in [0.25, 0.3) is 0 Å². The van der Waals surface area contributed by atoms with E-state index < -0.39 is 0 Å². The lowest BCUT2D eigenvalue weighted by Crippen LogP contribution is -2.31. The molecule has 1 aromatic carbocycles. The van der Waals surface area contributed by atoms with Crippen LogP contribution in [-0.4, -0.2) is 31.4 Å². The van der Waals surface area contributed by atoms with Crippen molar-refractivity contribution in [1.29, 1.82) is 0 Å². The van der Waals surface area contributed by atoms with E-state index in [0.29, 0.717) is 5.15 Å². The van der Waals surface area contributed by atoms with Gasteiger partial charge in [-0.15, -0.1) is 0 Å². The Kier molecular flexibility index (Phi) is 4.70. The minimum Gasteiger partial charge on any atom is -0.294 e. The lowest BCUT2D eigenvalue weighted by Gasteiger charge is -2.28. The molecule has 1 aliphatic rings. The zero-order valence-electron chi connectivity index (χ0n) is 16.1. The normalized spacial score (nSPS) is 14.1. The number of aromatic nitrogens is 4. The molecule has 1 aliphatic heterocycles. The van der Waals surface area contributed by atoms with Gasteiger partial charge in [-0.25, -0.2) is 15.0 Å². The van der Waals surface area contributed by atoms with Crippen LogP contribution in [0.5, 0.6) is 0 Å². The molecule has 0 unspecified atom stereocenters. The topological polar surface area (TPSA) is 54.8 Å². The number of aryl methyl sites for hydroxylation is 1. The molecule has 144 valence electrons. The van der Waals surface area contributed by atoms with E-state index in [1.807, 2.05) is 18.3 Å². The molecule has 4 heterocycles. The van der Waals surface area contributed by atoms with E-state index in [1.165, 1.54) is 5.56 Å². The van der Waals surface area contributed by atoms with E-state index >= 15 is 0 Å². The third kappa shape index (κ3) is 3.59. The van der Waals surface area contributed by atoms with Crippen LogP contribution in [0.25, 0.3) is 22.3 Å². The van der Waals surface area contributed by atoms with Gasteiger partial charge in [-0.3, -0.25) is 9.88 Å². The second kappa shape index (κ2) is 7.50. The summed E-state index contributed by atoms with van der Waals surface area (Å²) >= 11 is 6.52. The van der Waals surface area contributed by atoms with Crippen LogP contribution in [0, 0.1) is 6.92 Å². The fourth-order valence-corrected chi connectivity index (χ4v) is 4.07. The number of para-hydroxylation sites is 1. The highest BCUT2D eigenvalue weighted by atomic mass is 35.5. The van der Waals surface area contributed by atoms with Crippen LogP contribution in [0.3, 0.4) is 0 Å². The number of benzene rings is 1. The van der Waals surface area contributed by atoms with Gasteiger partial charge in [-0.05, 0) is 30.7 Å². The van der Waals surface area contributed by atoms with Gasteiger partial charge in [0.1, 0.15) is 5.15 Å². The average Bonchev–Trinajstić information content (AvgIpc) is 2.75. The molecule has 0 N–H and O–H groups in total. The number of hydrogen-bond acceptors (Lipinski definition) is 5. The monoisotopic (exact) mass is 401 g/mol. The quantitative estimate of drug-likeness (QED) is 0.469. The highest BCUT2D eigenvalue weighted by molar-refractivity contribution is 6.30. The molecule has 0 aliphatic carbocycles. The molecule has 0 amide bonds. The molecule has 3 aromatic heterocycles. The predicted octanol–water partition coefficient (Wildman–Crippen LogP) is 4.61. The maximum absolute atomic E-state index is 6.52. The molecule has 5 rings (SSSR count). The first-order valence-corrected chi connectivity index (χ1v) is 10.1. The van der Waals surface area contributed by atoms with Gasteiger partial charge in [-0.2, -0.15) is 0 Å². The molecule has 0 atom stereocenters. The smallest absolute Gasteiger partial charge is 0.159 e. The number of halogens is 1. The second-order valence-electron chi connectivity index (χ2n) is 7.45. The van der Waals surface area contributed by atoms with Gasteiger partial charge in [-0.1, -0.05) is 29.8 Å². The molecule has 0 spiro atoms. The van der Waals surface area contributed by atoms with Crippen molar-refractivity contribution in [3.8, 4) is 11.4 Å². The zero-order valence-corrected chi connectivity index (χ0v) is 16.9. The number of fused-ring (bicyclic) bond motifs is 2. The first kappa shape index (κ1) is 18.2. The van der Waals surface area contributed by atoms with Crippen LogP contribution in [0.15, 0.2) is 55.0 Å². The third-order valence-corrected chi connectivity index (χ3v) is 5.75. The molecule has 0 saturated heterocycles. The van der Waals surface area contributed by atoms with E-state index in [1.54, 1.807) is 12.4 Å². The Morgan fingerprint density at radius 1 is 1.10 bits per heavy atom. The molecular formula is C23H20ClN5. The van der Waals surface area contributed by atoms with E-state index in [2.05, 4.69) is 51.0 Å². The Hall–Kier alpha value is -2.89. The van der Waals surface area contributed by atoms with Crippen LogP contribution in [-0.2, 0) is 19.5 Å². The van der Waals surface area contributed by atoms with Gasteiger partial charge < -0.3 is 0 Å². The number of hydrogen-bond donors (Lipinski definition) is 0. The lowest BCUT2D eigenvalue weighted by atomic mass is 10.1. The average molecular weight is 402 g/mol. The van der Waals surface area contributed by atoms with E-state index in [-0.39, 0.29) is 0 Å². The van der Waals surface area contributed by atoms with E-state index in [0.717, 1.165) is 65.2 Å². The molecule has 0 saturated carbocycles. The molecule has 0 bridgehead atoms. The van der Waals surface area contributed by atoms with Crippen molar-refractivity contribution in [2.24, 2.45) is 0 Å². The van der Waals surface area contributed by atoms with Crippen LogP contribution >= 0.6 is 11.6 Å². The molecule has 0 fully saturated rings. The molecule has 6 heteroatoms. The Morgan fingerprint density at radius 3 is 2.83 bits per heavy atom. The summed E-state index contributed by atoms with van der Waals surface area (Å²) in [5, 5.41) is 1.72. The second-order valence-corrected chi connectivity index (χ2v) is 7.81. The Labute approximate surface area is 174 Å². The minimum absolute atomic E-state index is 0.585. The first-order chi connectivity index (χ1) is 14.2. The Bertz CT molecular complexity index is 1190. The summed E-state index contributed by atoms with van der Waals surface area (Å²) in [4.78, 5) is 20.4. The summed E-state index contributed by atoms with van der Waals surface area (Å²) in [5.41, 5.74) is 6.47. The van der Waals surface area contributed by atoms with Gasteiger partial charge in [0.2, 0.25) is 0 Å². The summed E-state index contributed by atoms with van der Waals surface area (Å²) in [7, 11) is 0. The number of pyridine rings is 2. The standard InChI is InChI=1S/C23H20ClN5/c1-15-3-2-4-17-11-18(22(24)28-21(15)17)13-29-10-7-20-19(14-29)12-26-23(27-20)16-5-8-25-9-6-16/h2-6,8-9,11-12H,7,10,13-14H2,1H3. The molecule has 29 heavy (non-hydrogen) atoms. The summed E-state index contributed by atoms with van der Waals surface area (Å²) in [6, 6.07) is 12.3. The maximum Gasteiger partial charge on any atom is 0.159 e. The van der Waals surface area contributed by atoms with Gasteiger partial charge in [0.15, 0.2) is 5.82 Å². The summed E-state index contributed by atoms with van der Waals surface area (Å²) in [6.07, 6.45) is 6.38. The molecule has 0 radical (unpaired) electrons.